The van der Waals surface area contributed by atoms with Crippen molar-refractivity contribution in [1.29, 1.82) is 0 Å². The molecule has 1 saturated carbocycles. The fourth-order valence-corrected chi connectivity index (χ4v) is 15.7. The lowest BCUT2D eigenvalue weighted by Gasteiger charge is -2.56. The van der Waals surface area contributed by atoms with Crippen LogP contribution in [-0.4, -0.2) is 152 Å². The van der Waals surface area contributed by atoms with Crippen LogP contribution in [0.1, 0.15) is 154 Å². The van der Waals surface area contributed by atoms with E-state index in [1.54, 1.807) is 20.8 Å². The van der Waals surface area contributed by atoms with Crippen LogP contribution in [0.25, 0.3) is 0 Å². The standard InChI is InChI=1S/C60H92O17/c1-13-38-20-37(27-61)18-30(5)52(74-46-23-43(65)54(35(10)72-46)76-47-24-44(66)53(36(11)73-47)75-45-22-42(64)51(67)34(9)71-45)28(3)16-15-17-58(12)25-31(6)32(7)26-60(58)56(69)48(57(70)77-60)55(68)59(14-2)49(38)29(4)19-39-41(63)21-40(62)33(8)50(39)59/h19-20,25,28,30,32-37,39,41-47,49-54,61,63-68H,13-18,21-24,26-27H2,1-12H3/t28-,30-,32-,33+,34-,35-,36-,37-,39-,41+,42+,43+,44+,45+,46+,47+,49+,50-,51-,52-,53-,54-,58-,59-,60-/m1/s1. The number of hydrogen-bond donors (Lipinski definition) is 7. The number of aliphatic hydroxyl groups excluding tert-OH is 7. The van der Waals surface area contributed by atoms with Crippen LogP contribution in [0.5, 0.6) is 0 Å². The Morgan fingerprint density at radius 1 is 0.714 bits per heavy atom. The largest absolute Gasteiger partial charge is 0.511 e. The number of carbonyl (C=O) groups is 3. The van der Waals surface area contributed by atoms with Crippen LogP contribution in [0, 0.1) is 58.2 Å². The van der Waals surface area contributed by atoms with Gasteiger partial charge in [-0.05, 0) is 90.4 Å². The van der Waals surface area contributed by atoms with E-state index in [0.717, 1.165) is 16.7 Å². The van der Waals surface area contributed by atoms with E-state index in [-0.39, 0.29) is 80.0 Å². The van der Waals surface area contributed by atoms with Crippen molar-refractivity contribution < 1.29 is 83.3 Å². The Bertz CT molecular complexity index is 2260. The van der Waals surface area contributed by atoms with E-state index in [1.807, 2.05) is 54.5 Å². The van der Waals surface area contributed by atoms with E-state index < -0.39 is 144 Å². The Labute approximate surface area is 455 Å². The first-order valence-electron chi connectivity index (χ1n) is 29.0. The van der Waals surface area contributed by atoms with Crippen molar-refractivity contribution in [3.8, 4) is 0 Å². The molecule has 17 heteroatoms. The minimum atomic E-state index is -1.62. The predicted octanol–water partition coefficient (Wildman–Crippen LogP) is 6.63. The highest BCUT2D eigenvalue weighted by Gasteiger charge is 2.67. The maximum absolute atomic E-state index is 15.7. The molecule has 0 aromatic rings. The molecule has 0 aromatic carbocycles. The van der Waals surface area contributed by atoms with Crippen molar-refractivity contribution in [3.05, 3.63) is 46.3 Å². The molecule has 4 saturated heterocycles. The van der Waals surface area contributed by atoms with Crippen LogP contribution >= 0.6 is 0 Å². The van der Waals surface area contributed by atoms with Gasteiger partial charge in [-0.15, -0.1) is 0 Å². The lowest BCUT2D eigenvalue weighted by molar-refractivity contribution is -0.336. The highest BCUT2D eigenvalue weighted by atomic mass is 16.7. The number of ether oxygens (including phenoxy) is 7. The second-order valence-corrected chi connectivity index (χ2v) is 25.2. The summed E-state index contributed by atoms with van der Waals surface area (Å²) in [6.07, 6.45) is -2.54. The first-order valence-corrected chi connectivity index (χ1v) is 29.0. The molecule has 0 amide bonds. The van der Waals surface area contributed by atoms with Crippen LogP contribution in [0.3, 0.4) is 0 Å². The third-order valence-corrected chi connectivity index (χ3v) is 20.0. The average Bonchev–Trinajstić information content (AvgIpc) is 3.70. The van der Waals surface area contributed by atoms with Gasteiger partial charge in [0.15, 0.2) is 24.5 Å². The fourth-order valence-electron chi connectivity index (χ4n) is 15.7. The molecule has 0 unspecified atom stereocenters. The Morgan fingerprint density at radius 3 is 1.83 bits per heavy atom. The molecule has 25 atom stereocenters. The van der Waals surface area contributed by atoms with E-state index in [2.05, 4.69) is 26.0 Å². The van der Waals surface area contributed by atoms with Crippen molar-refractivity contribution >= 4 is 17.5 Å². The molecular weight excluding hydrogens is 993 g/mol. The molecule has 77 heavy (non-hydrogen) atoms. The molecule has 8 aliphatic rings. The van der Waals surface area contributed by atoms with Gasteiger partial charge in [0.1, 0.15) is 35.4 Å². The van der Waals surface area contributed by atoms with Gasteiger partial charge in [0, 0.05) is 73.2 Å². The quantitative estimate of drug-likeness (QED) is 0.0727. The SMILES string of the molecule is CCC1=C[C@H](CO)C[C@@H](C)[C@H](O[C@H]2C[C@H](O)[C@H](O[C@H]3C[C@H](O)[C@H](O[C@H]4C[C@H](O)[C@H](O)[C@@H](C)O4)[C@@H](C)O3)[C@@H](C)O2)[C@H](C)CCC[C@]2(C)C=C(C)[C@H](C)C[C@]23OC(=O)C(=C(O)[C@]2(CC)[C@H]1C(C)=C[C@H]1[C@H]2[C@@H](C)C(=O)C[C@@H]1O)C3=O. The summed E-state index contributed by atoms with van der Waals surface area (Å²) >= 11 is 0. The minimum Gasteiger partial charge on any atom is -0.511 e. The molecule has 4 aliphatic heterocycles. The summed E-state index contributed by atoms with van der Waals surface area (Å²) in [7, 11) is 0. The van der Waals surface area contributed by atoms with Crippen molar-refractivity contribution in [2.75, 3.05) is 6.61 Å². The first kappa shape index (κ1) is 60.2. The third-order valence-electron chi connectivity index (χ3n) is 20.0. The maximum Gasteiger partial charge on any atom is 0.346 e. The van der Waals surface area contributed by atoms with E-state index in [9.17, 15) is 45.3 Å². The molecule has 17 nitrogen and oxygen atoms in total. The highest BCUT2D eigenvalue weighted by Crippen LogP contribution is 2.64. The number of fused-ring (bicyclic) bond motifs is 4. The van der Waals surface area contributed by atoms with E-state index in [0.29, 0.717) is 32.1 Å². The minimum absolute atomic E-state index is 0.0265. The molecule has 2 bridgehead atoms. The Hall–Kier alpha value is -2.91. The van der Waals surface area contributed by atoms with Gasteiger partial charge in [0.2, 0.25) is 5.78 Å². The highest BCUT2D eigenvalue weighted by molar-refractivity contribution is 6.26. The lowest BCUT2D eigenvalue weighted by atomic mass is 9.47. The molecule has 1 spiro atoms. The van der Waals surface area contributed by atoms with Crippen LogP contribution in [-0.2, 0) is 47.5 Å². The van der Waals surface area contributed by atoms with Crippen molar-refractivity contribution in [2.24, 2.45) is 58.2 Å². The summed E-state index contributed by atoms with van der Waals surface area (Å²) in [6.45, 7) is 22.9. The second-order valence-electron chi connectivity index (χ2n) is 25.2. The van der Waals surface area contributed by atoms with Gasteiger partial charge in [-0.25, -0.2) is 4.79 Å². The molecule has 4 aliphatic carbocycles. The molecule has 0 radical (unpaired) electrons. The molecular formula is C60H92O17. The number of allylic oxidation sites excluding steroid dienone is 4. The van der Waals surface area contributed by atoms with E-state index in [4.69, 9.17) is 33.2 Å². The number of hydrogen-bond acceptors (Lipinski definition) is 17. The molecule has 0 aromatic heterocycles. The van der Waals surface area contributed by atoms with Crippen LogP contribution in [0.15, 0.2) is 46.3 Å². The van der Waals surface area contributed by atoms with Crippen molar-refractivity contribution in [2.45, 2.75) is 245 Å². The number of ketones is 2. The zero-order valence-corrected chi connectivity index (χ0v) is 47.6. The van der Waals surface area contributed by atoms with Crippen molar-refractivity contribution in [1.82, 2.24) is 0 Å². The number of esters is 1. The first-order chi connectivity index (χ1) is 36.3. The van der Waals surface area contributed by atoms with Gasteiger partial charge in [-0.3, -0.25) is 9.59 Å². The molecule has 5 fully saturated rings. The molecule has 7 N–H and O–H groups in total. The number of aliphatic hydroxyl groups is 7. The Morgan fingerprint density at radius 2 is 1.29 bits per heavy atom. The van der Waals surface area contributed by atoms with Crippen LogP contribution < -0.4 is 0 Å². The number of carbonyl (C=O) groups excluding carboxylic acids is 3. The summed E-state index contributed by atoms with van der Waals surface area (Å²) in [5, 5.41) is 79.7. The van der Waals surface area contributed by atoms with Gasteiger partial charge in [0.25, 0.3) is 0 Å². The molecule has 434 valence electrons. The van der Waals surface area contributed by atoms with Crippen LogP contribution in [0.2, 0.25) is 0 Å². The predicted molar refractivity (Wildman–Crippen MR) is 282 cm³/mol. The van der Waals surface area contributed by atoms with Gasteiger partial charge >= 0.3 is 5.97 Å². The second kappa shape index (κ2) is 23.5. The van der Waals surface area contributed by atoms with Gasteiger partial charge in [-0.1, -0.05) is 89.8 Å². The maximum atomic E-state index is 15.7. The smallest absolute Gasteiger partial charge is 0.346 e. The van der Waals surface area contributed by atoms with E-state index >= 15 is 4.79 Å². The van der Waals surface area contributed by atoms with Gasteiger partial charge < -0.3 is 68.9 Å². The zero-order valence-electron chi connectivity index (χ0n) is 47.6. The summed E-state index contributed by atoms with van der Waals surface area (Å²) in [5.41, 5.74) is -1.59. The lowest BCUT2D eigenvalue weighted by Crippen LogP contribution is -2.57. The average molecular weight is 1090 g/mol. The Kier molecular flexibility index (Phi) is 18.4. The monoisotopic (exact) mass is 1080 g/mol. The van der Waals surface area contributed by atoms with Gasteiger partial charge in [-0.2, -0.15) is 0 Å². The summed E-state index contributed by atoms with van der Waals surface area (Å²) in [5.74, 6) is -5.27. The number of Topliss-reactive ketones (excluding diaryl/α,β-unsaturated/α-hetero) is 2. The Balaban J connectivity index is 1.09. The third kappa shape index (κ3) is 11.0. The van der Waals surface area contributed by atoms with Gasteiger partial charge in [0.05, 0.1) is 48.8 Å². The van der Waals surface area contributed by atoms with Crippen molar-refractivity contribution in [3.63, 3.8) is 0 Å². The summed E-state index contributed by atoms with van der Waals surface area (Å²) in [6, 6.07) is 0. The number of rotatable bonds is 9. The summed E-state index contributed by atoms with van der Waals surface area (Å²) in [4.78, 5) is 44.3. The van der Waals surface area contributed by atoms with Crippen LogP contribution in [0.4, 0.5) is 0 Å². The zero-order chi connectivity index (χ0) is 56.4. The summed E-state index contributed by atoms with van der Waals surface area (Å²) < 4.78 is 44.4. The molecule has 4 heterocycles. The van der Waals surface area contributed by atoms with E-state index in [1.165, 1.54) is 0 Å². The molecule has 8 rings (SSSR count). The fraction of sp³-hybridized carbons (Fsp3) is 0.817. The topological polar surface area (TPSA) is 257 Å². The normalized spacial score (nSPS) is 48.4.